The molecule has 1 N–H and O–H groups in total. The van der Waals surface area contributed by atoms with Crippen LogP contribution in [-0.2, 0) is 17.6 Å². The molecule has 3 unspecified atom stereocenters. The van der Waals surface area contributed by atoms with Gasteiger partial charge in [-0.15, -0.1) is 0 Å². The summed E-state index contributed by atoms with van der Waals surface area (Å²) in [4.78, 5) is 0. The van der Waals surface area contributed by atoms with Crippen molar-refractivity contribution in [2.75, 3.05) is 13.7 Å². The quantitative estimate of drug-likeness (QED) is 0.876. The van der Waals surface area contributed by atoms with Crippen LogP contribution < -0.4 is 5.32 Å². The van der Waals surface area contributed by atoms with Crippen molar-refractivity contribution in [2.45, 2.75) is 52.2 Å². The summed E-state index contributed by atoms with van der Waals surface area (Å²) in [6, 6.07) is 7.38. The molecule has 2 nitrogen and oxygen atoms in total. The van der Waals surface area contributed by atoms with Crippen LogP contribution in [0.5, 0.6) is 0 Å². The second kappa shape index (κ2) is 6.53. The van der Waals surface area contributed by atoms with E-state index in [-0.39, 0.29) is 0 Å². The zero-order valence-corrected chi connectivity index (χ0v) is 12.7. The lowest BCUT2D eigenvalue weighted by Gasteiger charge is -2.25. The average Bonchev–Trinajstić information content (AvgIpc) is 2.86. The van der Waals surface area contributed by atoms with Gasteiger partial charge in [0.15, 0.2) is 0 Å². The number of aryl methyl sites for hydroxylation is 2. The topological polar surface area (TPSA) is 21.3 Å². The van der Waals surface area contributed by atoms with Gasteiger partial charge >= 0.3 is 0 Å². The third-order valence-electron chi connectivity index (χ3n) is 4.35. The van der Waals surface area contributed by atoms with E-state index in [2.05, 4.69) is 51.3 Å². The molecule has 3 atom stereocenters. The molecule has 106 valence electrons. The van der Waals surface area contributed by atoms with Gasteiger partial charge in [0, 0.05) is 12.0 Å². The third-order valence-corrected chi connectivity index (χ3v) is 4.35. The Morgan fingerprint density at radius 2 is 2.11 bits per heavy atom. The van der Waals surface area contributed by atoms with Gasteiger partial charge in [-0.25, -0.2) is 0 Å². The molecule has 0 amide bonds. The Kier molecular flexibility index (Phi) is 5.00. The highest BCUT2D eigenvalue weighted by Gasteiger charge is 2.30. The van der Waals surface area contributed by atoms with E-state index in [1.54, 1.807) is 0 Å². The maximum Gasteiger partial charge on any atom is 0.0551 e. The molecule has 1 aromatic carbocycles. The van der Waals surface area contributed by atoms with Gasteiger partial charge in [0.05, 0.1) is 12.7 Å². The van der Waals surface area contributed by atoms with Gasteiger partial charge in [0.1, 0.15) is 0 Å². The smallest absolute Gasteiger partial charge is 0.0551 e. The highest BCUT2D eigenvalue weighted by atomic mass is 16.5. The maximum atomic E-state index is 5.76. The Hall–Kier alpha value is -0.860. The Labute approximate surface area is 117 Å². The Balaban J connectivity index is 2.30. The fourth-order valence-corrected chi connectivity index (χ4v) is 3.20. The predicted octanol–water partition coefficient (Wildman–Crippen LogP) is 3.50. The van der Waals surface area contributed by atoms with Crippen LogP contribution in [0.15, 0.2) is 18.2 Å². The number of ether oxygens (including phenoxy) is 1. The van der Waals surface area contributed by atoms with Crippen molar-refractivity contribution in [3.63, 3.8) is 0 Å². The van der Waals surface area contributed by atoms with Crippen LogP contribution >= 0.6 is 0 Å². The van der Waals surface area contributed by atoms with E-state index in [4.69, 9.17) is 4.74 Å². The summed E-state index contributed by atoms with van der Waals surface area (Å²) in [6.07, 6.45) is 3.76. The van der Waals surface area contributed by atoms with Crippen molar-refractivity contribution >= 4 is 0 Å². The molecule has 19 heavy (non-hydrogen) atoms. The van der Waals surface area contributed by atoms with Crippen molar-refractivity contribution in [2.24, 2.45) is 5.92 Å². The van der Waals surface area contributed by atoms with Crippen molar-refractivity contribution in [3.8, 4) is 0 Å². The Morgan fingerprint density at radius 3 is 2.63 bits per heavy atom. The standard InChI is InChI=1S/C17H27NO/c1-5-13-7-8-14(6-2)16(10-13)17(18-4)15-9-12(3)19-11-15/h7-8,10,12,15,17-18H,5-6,9,11H2,1-4H3. The summed E-state index contributed by atoms with van der Waals surface area (Å²) in [7, 11) is 2.08. The minimum Gasteiger partial charge on any atom is -0.378 e. The Morgan fingerprint density at radius 1 is 1.32 bits per heavy atom. The first kappa shape index (κ1) is 14.5. The molecule has 2 heteroatoms. The summed E-state index contributed by atoms with van der Waals surface area (Å²) >= 11 is 0. The first-order chi connectivity index (χ1) is 9.19. The molecule has 1 heterocycles. The summed E-state index contributed by atoms with van der Waals surface area (Å²) in [5, 5.41) is 3.53. The normalized spacial score (nSPS) is 24.6. The summed E-state index contributed by atoms with van der Waals surface area (Å²) in [5.74, 6) is 0.595. The predicted molar refractivity (Wildman–Crippen MR) is 80.5 cm³/mol. The van der Waals surface area contributed by atoms with Crippen LogP contribution in [0.2, 0.25) is 0 Å². The number of rotatable bonds is 5. The van der Waals surface area contributed by atoms with Gasteiger partial charge in [-0.1, -0.05) is 32.0 Å². The second-order valence-electron chi connectivity index (χ2n) is 5.65. The van der Waals surface area contributed by atoms with Crippen molar-refractivity contribution in [1.82, 2.24) is 5.32 Å². The lowest BCUT2D eigenvalue weighted by atomic mass is 9.86. The molecule has 1 aliphatic heterocycles. The number of hydrogen-bond acceptors (Lipinski definition) is 2. The molecule has 2 rings (SSSR count). The van der Waals surface area contributed by atoms with Gasteiger partial charge in [-0.2, -0.15) is 0 Å². The van der Waals surface area contributed by atoms with Gasteiger partial charge < -0.3 is 10.1 Å². The van der Waals surface area contributed by atoms with Crippen LogP contribution in [0.25, 0.3) is 0 Å². The van der Waals surface area contributed by atoms with Crippen molar-refractivity contribution < 1.29 is 4.74 Å². The fourth-order valence-electron chi connectivity index (χ4n) is 3.20. The van der Waals surface area contributed by atoms with Crippen LogP contribution in [0, 0.1) is 5.92 Å². The molecule has 0 spiro atoms. The first-order valence-corrected chi connectivity index (χ1v) is 7.60. The zero-order chi connectivity index (χ0) is 13.8. The van der Waals surface area contributed by atoms with Crippen molar-refractivity contribution in [3.05, 3.63) is 34.9 Å². The van der Waals surface area contributed by atoms with Gasteiger partial charge in [0.2, 0.25) is 0 Å². The Bertz CT molecular complexity index is 416. The summed E-state index contributed by atoms with van der Waals surface area (Å²) < 4.78 is 5.76. The molecule has 0 bridgehead atoms. The van der Waals surface area contributed by atoms with E-state index in [0.717, 1.165) is 25.9 Å². The van der Waals surface area contributed by atoms with E-state index in [0.29, 0.717) is 18.1 Å². The molecule has 1 fully saturated rings. The zero-order valence-electron chi connectivity index (χ0n) is 12.7. The first-order valence-electron chi connectivity index (χ1n) is 7.60. The molecule has 0 radical (unpaired) electrons. The monoisotopic (exact) mass is 261 g/mol. The average molecular weight is 261 g/mol. The largest absolute Gasteiger partial charge is 0.378 e. The maximum absolute atomic E-state index is 5.76. The van der Waals surface area contributed by atoms with Gasteiger partial charge in [-0.3, -0.25) is 0 Å². The molecule has 1 saturated heterocycles. The van der Waals surface area contributed by atoms with E-state index in [9.17, 15) is 0 Å². The van der Waals surface area contributed by atoms with Crippen LogP contribution in [0.3, 0.4) is 0 Å². The molecule has 0 aromatic heterocycles. The van der Waals surface area contributed by atoms with Crippen molar-refractivity contribution in [1.29, 1.82) is 0 Å². The number of benzene rings is 1. The lowest BCUT2D eigenvalue weighted by molar-refractivity contribution is 0.117. The molecule has 0 aliphatic carbocycles. The third kappa shape index (κ3) is 3.18. The lowest BCUT2D eigenvalue weighted by Crippen LogP contribution is -2.27. The summed E-state index contributed by atoms with van der Waals surface area (Å²) in [6.45, 7) is 7.52. The second-order valence-corrected chi connectivity index (χ2v) is 5.65. The van der Waals surface area contributed by atoms with Crippen LogP contribution in [0.4, 0.5) is 0 Å². The fraction of sp³-hybridized carbons (Fsp3) is 0.647. The summed E-state index contributed by atoms with van der Waals surface area (Å²) in [5.41, 5.74) is 4.38. The number of nitrogens with one attached hydrogen (secondary N) is 1. The molecule has 1 aliphatic rings. The van der Waals surface area contributed by atoms with E-state index in [1.807, 2.05) is 0 Å². The van der Waals surface area contributed by atoms with Gasteiger partial charge in [0.25, 0.3) is 0 Å². The SMILES string of the molecule is CCc1ccc(CC)c(C(NC)C2COC(C)C2)c1. The van der Waals surface area contributed by atoms with E-state index >= 15 is 0 Å². The highest BCUT2D eigenvalue weighted by molar-refractivity contribution is 5.35. The number of hydrogen-bond donors (Lipinski definition) is 1. The molecular weight excluding hydrogens is 234 g/mol. The van der Waals surface area contributed by atoms with E-state index in [1.165, 1.54) is 16.7 Å². The van der Waals surface area contributed by atoms with Crippen LogP contribution in [0.1, 0.15) is 49.9 Å². The minimum atomic E-state index is 0.403. The molecular formula is C17H27NO. The van der Waals surface area contributed by atoms with Crippen LogP contribution in [-0.4, -0.2) is 19.8 Å². The van der Waals surface area contributed by atoms with Gasteiger partial charge in [-0.05, 0) is 49.9 Å². The molecule has 1 aromatic rings. The minimum absolute atomic E-state index is 0.403. The molecule has 0 saturated carbocycles. The van der Waals surface area contributed by atoms with E-state index < -0.39 is 0 Å². The highest BCUT2D eigenvalue weighted by Crippen LogP contribution is 2.33.